The number of aryl methyl sites for hydroxylation is 2. The van der Waals surface area contributed by atoms with Crippen LogP contribution in [0.4, 0.5) is 5.82 Å². The Morgan fingerprint density at radius 2 is 1.48 bits per heavy atom. The molecule has 4 aromatic carbocycles. The normalized spacial score (nSPS) is 13.5. The van der Waals surface area contributed by atoms with Crippen LogP contribution in [0, 0.1) is 10.1 Å². The second kappa shape index (κ2) is 6.88. The molecule has 0 saturated carbocycles. The molecule has 6 rings (SSSR count). The average Bonchev–Trinajstić information content (AvgIpc) is 2.82. The van der Waals surface area contributed by atoms with Gasteiger partial charge in [0, 0.05) is 5.56 Å². The largest absolute Gasteiger partial charge is 0.371 e. The van der Waals surface area contributed by atoms with E-state index in [1.807, 2.05) is 30.3 Å². The van der Waals surface area contributed by atoms with Gasteiger partial charge in [0.2, 0.25) is 0 Å². The van der Waals surface area contributed by atoms with Gasteiger partial charge in [-0.2, -0.15) is 0 Å². The minimum atomic E-state index is -0.390. The van der Waals surface area contributed by atoms with Gasteiger partial charge in [0.05, 0.1) is 5.39 Å². The van der Waals surface area contributed by atoms with Crippen LogP contribution >= 0.6 is 0 Å². The summed E-state index contributed by atoms with van der Waals surface area (Å²) in [7, 11) is 0. The maximum Gasteiger partial charge on any atom is 0.371 e. The minimum Gasteiger partial charge on any atom is -0.358 e. The van der Waals surface area contributed by atoms with Crippen molar-refractivity contribution in [2.75, 3.05) is 0 Å². The smallest absolute Gasteiger partial charge is 0.358 e. The van der Waals surface area contributed by atoms with E-state index in [2.05, 4.69) is 35.3 Å². The molecule has 1 aliphatic carbocycles. The van der Waals surface area contributed by atoms with Crippen molar-refractivity contribution in [1.82, 2.24) is 4.98 Å². The quantitative estimate of drug-likeness (QED) is 0.181. The maximum absolute atomic E-state index is 11.7. The van der Waals surface area contributed by atoms with E-state index in [1.165, 1.54) is 40.1 Å². The number of hydrogen-bond acceptors (Lipinski definition) is 3. The van der Waals surface area contributed by atoms with Gasteiger partial charge in [0.25, 0.3) is 0 Å². The first kappa shape index (κ1) is 18.0. The van der Waals surface area contributed by atoms with E-state index < -0.39 is 4.92 Å². The Morgan fingerprint density at radius 3 is 2.39 bits per heavy atom. The first-order valence-corrected chi connectivity index (χ1v) is 10.7. The molecule has 0 aliphatic heterocycles. The fourth-order valence-electron chi connectivity index (χ4n) is 5.11. The predicted molar refractivity (Wildman–Crippen MR) is 125 cm³/mol. The van der Waals surface area contributed by atoms with Crippen molar-refractivity contribution >= 4 is 38.1 Å². The molecule has 4 heteroatoms. The molecule has 0 amide bonds. The molecule has 0 spiro atoms. The molecular formula is C27H20N2O2. The Kier molecular flexibility index (Phi) is 4.00. The van der Waals surface area contributed by atoms with Gasteiger partial charge < -0.3 is 10.1 Å². The number of nitrogens with zero attached hydrogens (tertiary/aromatic N) is 2. The summed E-state index contributed by atoms with van der Waals surface area (Å²) in [6.07, 6.45) is 4.81. The van der Waals surface area contributed by atoms with Crippen LogP contribution in [0.1, 0.15) is 24.0 Å². The zero-order chi connectivity index (χ0) is 20.9. The number of hydrogen-bond donors (Lipinski definition) is 0. The van der Waals surface area contributed by atoms with Gasteiger partial charge in [0.1, 0.15) is 0 Å². The van der Waals surface area contributed by atoms with Crippen LogP contribution in [-0.4, -0.2) is 9.91 Å². The fraction of sp³-hybridized carbons (Fsp3) is 0.148. The molecule has 0 atom stereocenters. The van der Waals surface area contributed by atoms with Crippen LogP contribution in [0.25, 0.3) is 43.6 Å². The molecule has 1 heterocycles. The predicted octanol–water partition coefficient (Wildman–Crippen LogP) is 7.00. The van der Waals surface area contributed by atoms with E-state index >= 15 is 0 Å². The third-order valence-corrected chi connectivity index (χ3v) is 6.56. The highest BCUT2D eigenvalue weighted by Gasteiger charge is 2.20. The molecule has 0 N–H and O–H groups in total. The lowest BCUT2D eigenvalue weighted by Crippen LogP contribution is -2.03. The second-order valence-corrected chi connectivity index (χ2v) is 8.28. The van der Waals surface area contributed by atoms with Gasteiger partial charge >= 0.3 is 5.82 Å². The van der Waals surface area contributed by atoms with E-state index in [1.54, 1.807) is 12.1 Å². The number of aromatic nitrogens is 1. The Labute approximate surface area is 179 Å². The summed E-state index contributed by atoms with van der Waals surface area (Å²) in [4.78, 5) is 15.8. The number of pyridine rings is 1. The van der Waals surface area contributed by atoms with Crippen LogP contribution in [0.3, 0.4) is 0 Å². The summed E-state index contributed by atoms with van der Waals surface area (Å²) in [6.45, 7) is 0. The van der Waals surface area contributed by atoms with Gasteiger partial charge in [-0.3, -0.25) is 0 Å². The number of fused-ring (bicyclic) bond motifs is 6. The van der Waals surface area contributed by atoms with Gasteiger partial charge in [-0.05, 0) is 91.8 Å². The third kappa shape index (κ3) is 2.79. The Bertz CT molecular complexity index is 1520. The zero-order valence-corrected chi connectivity index (χ0v) is 17.0. The molecule has 0 unspecified atom stereocenters. The van der Waals surface area contributed by atoms with Crippen molar-refractivity contribution in [1.29, 1.82) is 0 Å². The molecule has 31 heavy (non-hydrogen) atoms. The second-order valence-electron chi connectivity index (χ2n) is 8.28. The topological polar surface area (TPSA) is 56.0 Å². The van der Waals surface area contributed by atoms with Crippen LogP contribution in [0.5, 0.6) is 0 Å². The molecule has 1 aromatic heterocycles. The first-order chi connectivity index (χ1) is 15.2. The Balaban J connectivity index is 1.64. The first-order valence-electron chi connectivity index (χ1n) is 10.7. The summed E-state index contributed by atoms with van der Waals surface area (Å²) in [6, 6.07) is 24.4. The van der Waals surface area contributed by atoms with E-state index in [-0.39, 0.29) is 5.82 Å². The molecule has 0 radical (unpaired) electrons. The van der Waals surface area contributed by atoms with Crippen molar-refractivity contribution in [2.45, 2.75) is 25.7 Å². The standard InChI is InChI=1S/C27H20N2O2/c30-29(31)27-20-9-4-2-7-18(20)16-26(28-27)25-11-5-10-21-23-13-12-17-6-1-3-8-19(17)22(23)14-15-24(21)25/h2,4-5,7,9-16H,1,3,6,8H2. The third-order valence-electron chi connectivity index (χ3n) is 6.56. The fourth-order valence-corrected chi connectivity index (χ4v) is 5.11. The molecule has 4 nitrogen and oxygen atoms in total. The summed E-state index contributed by atoms with van der Waals surface area (Å²) >= 11 is 0. The van der Waals surface area contributed by atoms with E-state index in [0.29, 0.717) is 11.1 Å². The van der Waals surface area contributed by atoms with Crippen molar-refractivity contribution < 1.29 is 4.92 Å². The summed E-state index contributed by atoms with van der Waals surface area (Å²) < 4.78 is 0. The molecule has 5 aromatic rings. The van der Waals surface area contributed by atoms with E-state index in [9.17, 15) is 10.1 Å². The van der Waals surface area contributed by atoms with Gasteiger partial charge in [-0.15, -0.1) is 0 Å². The molecular weight excluding hydrogens is 384 g/mol. The number of rotatable bonds is 2. The van der Waals surface area contributed by atoms with E-state index in [0.717, 1.165) is 29.2 Å². The highest BCUT2D eigenvalue weighted by Crippen LogP contribution is 2.38. The summed E-state index contributed by atoms with van der Waals surface area (Å²) in [5.74, 6) is -0.0973. The monoisotopic (exact) mass is 404 g/mol. The molecule has 150 valence electrons. The van der Waals surface area contributed by atoms with Crippen molar-refractivity contribution in [3.63, 3.8) is 0 Å². The summed E-state index contributed by atoms with van der Waals surface area (Å²) in [5, 5.41) is 17.9. The molecule has 0 fully saturated rings. The maximum atomic E-state index is 11.7. The SMILES string of the molecule is O=[N+]([O-])c1nc(-c2cccc3c2ccc2c4c(ccc23)CCCC4)cc2ccccc12. The highest BCUT2D eigenvalue weighted by atomic mass is 16.6. The minimum absolute atomic E-state index is 0.0973. The van der Waals surface area contributed by atoms with Gasteiger partial charge in [-0.25, -0.2) is 0 Å². The lowest BCUT2D eigenvalue weighted by Gasteiger charge is -2.19. The average molecular weight is 404 g/mol. The Hall–Kier alpha value is -3.79. The van der Waals surface area contributed by atoms with Gasteiger partial charge in [-0.1, -0.05) is 54.6 Å². The lowest BCUT2D eigenvalue weighted by atomic mass is 9.86. The molecule has 0 saturated heterocycles. The van der Waals surface area contributed by atoms with Crippen LogP contribution in [0.15, 0.2) is 72.8 Å². The molecule has 0 bridgehead atoms. The van der Waals surface area contributed by atoms with E-state index in [4.69, 9.17) is 0 Å². The van der Waals surface area contributed by atoms with Crippen LogP contribution in [-0.2, 0) is 12.8 Å². The Morgan fingerprint density at radius 1 is 0.742 bits per heavy atom. The highest BCUT2D eigenvalue weighted by molar-refractivity contribution is 6.13. The van der Waals surface area contributed by atoms with Crippen LogP contribution in [0.2, 0.25) is 0 Å². The van der Waals surface area contributed by atoms with Crippen molar-refractivity contribution in [2.24, 2.45) is 0 Å². The summed E-state index contributed by atoms with van der Waals surface area (Å²) in [5.41, 5.74) is 4.51. The van der Waals surface area contributed by atoms with Crippen molar-refractivity contribution in [3.05, 3.63) is 94.0 Å². The number of benzene rings is 4. The molecule has 1 aliphatic rings. The zero-order valence-electron chi connectivity index (χ0n) is 17.0. The van der Waals surface area contributed by atoms with Gasteiger partial charge in [0.15, 0.2) is 5.69 Å². The van der Waals surface area contributed by atoms with Crippen LogP contribution < -0.4 is 0 Å². The van der Waals surface area contributed by atoms with Crippen molar-refractivity contribution in [3.8, 4) is 11.3 Å². The lowest BCUT2D eigenvalue weighted by molar-refractivity contribution is -0.387. The number of nitro groups is 1.